The van der Waals surface area contributed by atoms with E-state index in [0.29, 0.717) is 3.57 Å². The second kappa shape index (κ2) is 4.79. The third-order valence-electron chi connectivity index (χ3n) is 1.60. The van der Waals surface area contributed by atoms with Crippen molar-refractivity contribution in [3.05, 3.63) is 26.3 Å². The van der Waals surface area contributed by atoms with Crippen molar-refractivity contribution in [2.45, 2.75) is 13.3 Å². The number of ether oxygens (including phenoxy) is 1. The number of hydrogen-bond acceptors (Lipinski definition) is 2. The fourth-order valence-electron chi connectivity index (χ4n) is 1.10. The summed E-state index contributed by atoms with van der Waals surface area (Å²) in [6.45, 7) is 1.16. The number of ketones is 1. The minimum Gasteiger partial charge on any atom is -0.405 e. The molecular formula is C9H5ClF3IO2. The van der Waals surface area contributed by atoms with Gasteiger partial charge in [-0.1, -0.05) is 11.6 Å². The molecule has 0 aliphatic rings. The van der Waals surface area contributed by atoms with E-state index in [2.05, 4.69) is 4.74 Å². The Balaban J connectivity index is 3.30. The molecule has 88 valence electrons. The molecule has 0 radical (unpaired) electrons. The van der Waals surface area contributed by atoms with Crippen molar-refractivity contribution in [3.8, 4) is 5.75 Å². The topological polar surface area (TPSA) is 26.3 Å². The van der Waals surface area contributed by atoms with Gasteiger partial charge in [-0.15, -0.1) is 13.2 Å². The average Bonchev–Trinajstić information content (AvgIpc) is 1.96. The van der Waals surface area contributed by atoms with Gasteiger partial charge in [-0.2, -0.15) is 0 Å². The van der Waals surface area contributed by atoms with E-state index in [1.54, 1.807) is 22.6 Å². The SMILES string of the molecule is CC(=O)c1c(I)cc(Cl)cc1OC(F)(F)F. The molecule has 1 aromatic carbocycles. The third-order valence-corrected chi connectivity index (χ3v) is 2.67. The third kappa shape index (κ3) is 3.51. The Bertz CT molecular complexity index is 431. The van der Waals surface area contributed by atoms with Crippen molar-refractivity contribution in [1.82, 2.24) is 0 Å². The molecule has 1 aromatic rings. The molecule has 7 heteroatoms. The lowest BCUT2D eigenvalue weighted by atomic mass is 10.1. The van der Waals surface area contributed by atoms with Crippen LogP contribution in [0.4, 0.5) is 13.2 Å². The number of Topliss-reactive ketones (excluding diaryl/α,β-unsaturated/α-hetero) is 1. The smallest absolute Gasteiger partial charge is 0.405 e. The summed E-state index contributed by atoms with van der Waals surface area (Å²) in [7, 11) is 0. The molecule has 0 saturated carbocycles. The summed E-state index contributed by atoms with van der Waals surface area (Å²) in [5.41, 5.74) is -0.123. The Labute approximate surface area is 108 Å². The largest absolute Gasteiger partial charge is 0.573 e. The molecule has 0 fully saturated rings. The van der Waals surface area contributed by atoms with Crippen LogP contribution in [0.25, 0.3) is 0 Å². The van der Waals surface area contributed by atoms with Crippen LogP contribution in [0.2, 0.25) is 5.02 Å². The lowest BCUT2D eigenvalue weighted by Gasteiger charge is -2.13. The van der Waals surface area contributed by atoms with E-state index in [4.69, 9.17) is 11.6 Å². The maximum atomic E-state index is 12.1. The number of carbonyl (C=O) groups is 1. The summed E-state index contributed by atoms with van der Waals surface area (Å²) in [4.78, 5) is 11.2. The van der Waals surface area contributed by atoms with Crippen molar-refractivity contribution in [3.63, 3.8) is 0 Å². The lowest BCUT2D eigenvalue weighted by Crippen LogP contribution is -2.19. The number of benzene rings is 1. The Kier molecular flexibility index (Phi) is 4.06. The van der Waals surface area contributed by atoms with E-state index >= 15 is 0 Å². The Morgan fingerprint density at radius 1 is 1.44 bits per heavy atom. The van der Waals surface area contributed by atoms with Gasteiger partial charge < -0.3 is 4.74 Å². The van der Waals surface area contributed by atoms with Gasteiger partial charge in [0.2, 0.25) is 0 Å². The van der Waals surface area contributed by atoms with E-state index < -0.39 is 17.9 Å². The van der Waals surface area contributed by atoms with Gasteiger partial charge in [0, 0.05) is 8.59 Å². The van der Waals surface area contributed by atoms with Crippen molar-refractivity contribution >= 4 is 40.0 Å². The fraction of sp³-hybridized carbons (Fsp3) is 0.222. The fourth-order valence-corrected chi connectivity index (χ4v) is 2.47. The van der Waals surface area contributed by atoms with Crippen LogP contribution in [0.3, 0.4) is 0 Å². The average molecular weight is 364 g/mol. The maximum Gasteiger partial charge on any atom is 0.573 e. The van der Waals surface area contributed by atoms with E-state index in [9.17, 15) is 18.0 Å². The van der Waals surface area contributed by atoms with Gasteiger partial charge in [0.05, 0.1) is 5.56 Å². The van der Waals surface area contributed by atoms with Crippen molar-refractivity contribution < 1.29 is 22.7 Å². The monoisotopic (exact) mass is 364 g/mol. The zero-order chi connectivity index (χ0) is 12.5. The molecule has 0 aromatic heterocycles. The van der Waals surface area contributed by atoms with Gasteiger partial charge >= 0.3 is 6.36 Å². The number of carbonyl (C=O) groups excluding carboxylic acids is 1. The molecule has 0 heterocycles. The molecule has 0 amide bonds. The zero-order valence-corrected chi connectivity index (χ0v) is 10.8. The number of alkyl halides is 3. The highest BCUT2D eigenvalue weighted by Crippen LogP contribution is 2.32. The molecule has 0 spiro atoms. The Morgan fingerprint density at radius 3 is 2.44 bits per heavy atom. The molecule has 16 heavy (non-hydrogen) atoms. The maximum absolute atomic E-state index is 12.1. The van der Waals surface area contributed by atoms with Crippen LogP contribution in [-0.2, 0) is 0 Å². The number of hydrogen-bond donors (Lipinski definition) is 0. The number of halogens is 5. The molecule has 0 saturated heterocycles. The van der Waals surface area contributed by atoms with E-state index in [1.165, 1.54) is 6.07 Å². The second-order valence-corrected chi connectivity index (χ2v) is 4.46. The van der Waals surface area contributed by atoms with Crippen LogP contribution < -0.4 is 4.74 Å². The highest BCUT2D eigenvalue weighted by atomic mass is 127. The molecule has 0 aliphatic heterocycles. The van der Waals surface area contributed by atoms with Gasteiger partial charge in [0.1, 0.15) is 5.75 Å². The molecule has 0 unspecified atom stereocenters. The van der Waals surface area contributed by atoms with Crippen LogP contribution in [0.1, 0.15) is 17.3 Å². The summed E-state index contributed by atoms with van der Waals surface area (Å²) >= 11 is 7.32. The summed E-state index contributed by atoms with van der Waals surface area (Å²) in [6, 6.07) is 2.36. The summed E-state index contributed by atoms with van der Waals surface area (Å²) in [5.74, 6) is -1.09. The van der Waals surface area contributed by atoms with Crippen LogP contribution >= 0.6 is 34.2 Å². The summed E-state index contributed by atoms with van der Waals surface area (Å²) in [6.07, 6.45) is -4.85. The highest BCUT2D eigenvalue weighted by molar-refractivity contribution is 14.1. The minimum atomic E-state index is -4.85. The molecular weight excluding hydrogens is 359 g/mol. The van der Waals surface area contributed by atoms with Crippen molar-refractivity contribution in [1.29, 1.82) is 0 Å². The van der Waals surface area contributed by atoms with Gasteiger partial charge in [0.15, 0.2) is 5.78 Å². The van der Waals surface area contributed by atoms with E-state index in [1.807, 2.05) is 0 Å². The Hall–Kier alpha value is -0.500. The number of rotatable bonds is 2. The van der Waals surface area contributed by atoms with Crippen LogP contribution in [-0.4, -0.2) is 12.1 Å². The molecule has 0 aliphatic carbocycles. The zero-order valence-electron chi connectivity index (χ0n) is 7.86. The second-order valence-electron chi connectivity index (χ2n) is 2.86. The lowest BCUT2D eigenvalue weighted by molar-refractivity contribution is -0.274. The van der Waals surface area contributed by atoms with Crippen LogP contribution in [0.5, 0.6) is 5.75 Å². The minimum absolute atomic E-state index is 0.0775. The first kappa shape index (κ1) is 13.6. The Morgan fingerprint density at radius 2 is 2.00 bits per heavy atom. The normalized spacial score (nSPS) is 11.4. The highest BCUT2D eigenvalue weighted by Gasteiger charge is 2.33. The van der Waals surface area contributed by atoms with E-state index in [-0.39, 0.29) is 10.6 Å². The summed E-state index contributed by atoms with van der Waals surface area (Å²) in [5, 5.41) is 0.0775. The predicted molar refractivity (Wildman–Crippen MR) is 60.9 cm³/mol. The van der Waals surface area contributed by atoms with Crippen molar-refractivity contribution in [2.24, 2.45) is 0 Å². The van der Waals surface area contributed by atoms with Gasteiger partial charge in [-0.25, -0.2) is 0 Å². The molecule has 0 bridgehead atoms. The first-order valence-corrected chi connectivity index (χ1v) is 5.42. The first-order valence-electron chi connectivity index (χ1n) is 3.96. The molecule has 0 N–H and O–H groups in total. The van der Waals surface area contributed by atoms with Crippen LogP contribution in [0, 0.1) is 3.57 Å². The standard InChI is InChI=1S/C9H5ClF3IO2/c1-4(15)8-6(14)2-5(10)3-7(8)16-9(11,12)13/h2-3H,1H3. The molecule has 0 atom stereocenters. The van der Waals surface area contributed by atoms with Gasteiger partial charge in [0.25, 0.3) is 0 Å². The quantitative estimate of drug-likeness (QED) is 0.585. The predicted octanol–water partition coefficient (Wildman–Crippen LogP) is 4.05. The van der Waals surface area contributed by atoms with Gasteiger partial charge in [-0.05, 0) is 41.6 Å². The molecule has 1 rings (SSSR count). The van der Waals surface area contributed by atoms with Crippen molar-refractivity contribution in [2.75, 3.05) is 0 Å². The summed E-state index contributed by atoms with van der Waals surface area (Å²) < 4.78 is 40.3. The van der Waals surface area contributed by atoms with E-state index in [0.717, 1.165) is 13.0 Å². The molecule has 2 nitrogen and oxygen atoms in total. The van der Waals surface area contributed by atoms with Crippen LogP contribution in [0.15, 0.2) is 12.1 Å². The first-order chi connectivity index (χ1) is 7.20. The van der Waals surface area contributed by atoms with Gasteiger partial charge in [-0.3, -0.25) is 4.79 Å².